The molecule has 0 saturated carbocycles. The number of alkyl halides is 2. The van der Waals surface area contributed by atoms with Gasteiger partial charge in [0, 0.05) is 22.9 Å². The van der Waals surface area contributed by atoms with Gasteiger partial charge in [-0.1, -0.05) is 23.7 Å². The second-order valence-corrected chi connectivity index (χ2v) is 7.98. The van der Waals surface area contributed by atoms with Crippen molar-refractivity contribution in [3.8, 4) is 16.9 Å². The zero-order chi connectivity index (χ0) is 19.1. The van der Waals surface area contributed by atoms with E-state index in [9.17, 15) is 21.6 Å². The van der Waals surface area contributed by atoms with Crippen molar-refractivity contribution in [1.29, 1.82) is 0 Å². The highest BCUT2D eigenvalue weighted by molar-refractivity contribution is 7.90. The SMILES string of the molecule is CS(=O)(=O)c1ccc(-n2nc(C(F)F)cc2-c2cccc(Cl)c2)cc1F. The summed E-state index contributed by atoms with van der Waals surface area (Å²) >= 11 is 5.95. The molecule has 0 aliphatic rings. The zero-order valence-electron chi connectivity index (χ0n) is 13.3. The van der Waals surface area contributed by atoms with Crippen molar-refractivity contribution in [2.45, 2.75) is 11.3 Å². The third-order valence-electron chi connectivity index (χ3n) is 3.63. The molecule has 0 spiro atoms. The van der Waals surface area contributed by atoms with Gasteiger partial charge in [0.2, 0.25) is 0 Å². The summed E-state index contributed by atoms with van der Waals surface area (Å²) in [5.41, 5.74) is 0.392. The van der Waals surface area contributed by atoms with Gasteiger partial charge in [-0.25, -0.2) is 26.3 Å². The third-order valence-corrected chi connectivity index (χ3v) is 5.00. The Morgan fingerprint density at radius 3 is 2.42 bits per heavy atom. The topological polar surface area (TPSA) is 52.0 Å². The van der Waals surface area contributed by atoms with Crippen LogP contribution in [-0.2, 0) is 9.84 Å². The van der Waals surface area contributed by atoms with Gasteiger partial charge in [0.1, 0.15) is 16.4 Å². The van der Waals surface area contributed by atoms with Gasteiger partial charge in [-0.05, 0) is 30.3 Å². The predicted octanol–water partition coefficient (Wildman–Crippen LogP) is 4.67. The monoisotopic (exact) mass is 400 g/mol. The molecule has 0 unspecified atom stereocenters. The van der Waals surface area contributed by atoms with E-state index >= 15 is 0 Å². The van der Waals surface area contributed by atoms with Crippen molar-refractivity contribution in [2.75, 3.05) is 6.26 Å². The molecule has 1 aromatic heterocycles. The fourth-order valence-corrected chi connectivity index (χ4v) is 3.40. The van der Waals surface area contributed by atoms with E-state index in [2.05, 4.69) is 5.10 Å². The molecule has 0 radical (unpaired) electrons. The number of benzene rings is 2. The van der Waals surface area contributed by atoms with Crippen LogP contribution in [0.5, 0.6) is 0 Å². The van der Waals surface area contributed by atoms with Gasteiger partial charge in [0.05, 0.1) is 11.4 Å². The van der Waals surface area contributed by atoms with E-state index in [0.29, 0.717) is 10.6 Å². The molecule has 0 bridgehead atoms. The quantitative estimate of drug-likeness (QED) is 0.639. The molecule has 3 rings (SSSR count). The molecule has 0 aliphatic carbocycles. The van der Waals surface area contributed by atoms with Crippen LogP contribution in [0.4, 0.5) is 13.2 Å². The molecule has 0 N–H and O–H groups in total. The fourth-order valence-electron chi connectivity index (χ4n) is 2.48. The maximum absolute atomic E-state index is 14.2. The van der Waals surface area contributed by atoms with Crippen molar-refractivity contribution in [3.63, 3.8) is 0 Å². The summed E-state index contributed by atoms with van der Waals surface area (Å²) in [6.07, 6.45) is -1.94. The number of nitrogens with zero attached hydrogens (tertiary/aromatic N) is 2. The average Bonchev–Trinajstić information content (AvgIpc) is 2.99. The minimum Gasteiger partial charge on any atom is -0.233 e. The highest BCUT2D eigenvalue weighted by Gasteiger charge is 2.20. The molecule has 0 aliphatic heterocycles. The Kier molecular flexibility index (Phi) is 4.81. The van der Waals surface area contributed by atoms with Crippen molar-refractivity contribution in [1.82, 2.24) is 9.78 Å². The molecule has 4 nitrogen and oxygen atoms in total. The molecule has 136 valence electrons. The molecule has 0 amide bonds. The Morgan fingerprint density at radius 1 is 1.12 bits per heavy atom. The normalized spacial score (nSPS) is 11.9. The second-order valence-electron chi connectivity index (χ2n) is 5.56. The van der Waals surface area contributed by atoms with Crippen LogP contribution in [0.25, 0.3) is 16.9 Å². The van der Waals surface area contributed by atoms with E-state index in [4.69, 9.17) is 11.6 Å². The molecule has 1 heterocycles. The summed E-state index contributed by atoms with van der Waals surface area (Å²) < 4.78 is 64.7. The van der Waals surface area contributed by atoms with Gasteiger partial charge in [-0.15, -0.1) is 0 Å². The van der Waals surface area contributed by atoms with E-state index < -0.39 is 32.7 Å². The lowest BCUT2D eigenvalue weighted by atomic mass is 10.1. The molecular formula is C17H12ClF3N2O2S. The Balaban J connectivity index is 2.20. The maximum Gasteiger partial charge on any atom is 0.282 e. The van der Waals surface area contributed by atoms with Crippen molar-refractivity contribution in [3.05, 3.63) is 65.1 Å². The Bertz CT molecular complexity index is 1080. The van der Waals surface area contributed by atoms with Crippen LogP contribution in [-0.4, -0.2) is 24.5 Å². The minimum absolute atomic E-state index is 0.108. The molecule has 2 aromatic carbocycles. The Hall–Kier alpha value is -2.32. The number of hydrogen-bond acceptors (Lipinski definition) is 3. The largest absolute Gasteiger partial charge is 0.282 e. The molecule has 26 heavy (non-hydrogen) atoms. The van der Waals surface area contributed by atoms with Crippen LogP contribution in [0.2, 0.25) is 5.02 Å². The number of rotatable bonds is 4. The Labute approximate surface area is 152 Å². The lowest BCUT2D eigenvalue weighted by molar-refractivity contribution is 0.145. The minimum atomic E-state index is -3.75. The average molecular weight is 401 g/mol. The van der Waals surface area contributed by atoms with Gasteiger partial charge in [0.15, 0.2) is 9.84 Å². The Morgan fingerprint density at radius 2 is 1.85 bits per heavy atom. The van der Waals surface area contributed by atoms with Gasteiger partial charge in [0.25, 0.3) is 6.43 Å². The second kappa shape index (κ2) is 6.77. The number of hydrogen-bond donors (Lipinski definition) is 0. The zero-order valence-corrected chi connectivity index (χ0v) is 14.9. The van der Waals surface area contributed by atoms with Crippen LogP contribution < -0.4 is 0 Å². The number of sulfone groups is 1. The van der Waals surface area contributed by atoms with Gasteiger partial charge in [-0.2, -0.15) is 5.10 Å². The van der Waals surface area contributed by atoms with E-state index in [1.54, 1.807) is 24.3 Å². The molecule has 3 aromatic rings. The van der Waals surface area contributed by atoms with Crippen LogP contribution >= 0.6 is 11.6 Å². The summed E-state index contributed by atoms with van der Waals surface area (Å²) in [4.78, 5) is -0.480. The lowest BCUT2D eigenvalue weighted by Gasteiger charge is -2.09. The first-order valence-electron chi connectivity index (χ1n) is 7.31. The lowest BCUT2D eigenvalue weighted by Crippen LogP contribution is -2.05. The van der Waals surface area contributed by atoms with E-state index in [1.807, 2.05) is 0 Å². The first-order chi connectivity index (χ1) is 12.2. The highest BCUT2D eigenvalue weighted by atomic mass is 35.5. The summed E-state index contributed by atoms with van der Waals surface area (Å²) in [5, 5.41) is 4.22. The first kappa shape index (κ1) is 18.5. The van der Waals surface area contributed by atoms with Crippen molar-refractivity contribution >= 4 is 21.4 Å². The van der Waals surface area contributed by atoms with Crippen LogP contribution in [0, 0.1) is 5.82 Å². The summed E-state index contributed by atoms with van der Waals surface area (Å²) in [5.74, 6) is -0.990. The van der Waals surface area contributed by atoms with Gasteiger partial charge < -0.3 is 0 Å². The highest BCUT2D eigenvalue weighted by Crippen LogP contribution is 2.30. The van der Waals surface area contributed by atoms with Crippen molar-refractivity contribution in [2.24, 2.45) is 0 Å². The third kappa shape index (κ3) is 3.61. The molecule has 0 fully saturated rings. The van der Waals surface area contributed by atoms with Gasteiger partial charge >= 0.3 is 0 Å². The summed E-state index contributed by atoms with van der Waals surface area (Å²) in [6.45, 7) is 0. The molecule has 0 saturated heterocycles. The van der Waals surface area contributed by atoms with Crippen LogP contribution in [0.15, 0.2) is 53.4 Å². The van der Waals surface area contributed by atoms with E-state index in [-0.39, 0.29) is 11.4 Å². The predicted molar refractivity (Wildman–Crippen MR) is 92.0 cm³/mol. The standard InChI is InChI=1S/C17H12ClF3N2O2S/c1-26(24,25)16-6-5-12(8-13(16)19)23-15(9-14(22-23)17(20)21)10-3-2-4-11(18)7-10/h2-9,17H,1H3. The molecular weight excluding hydrogens is 389 g/mol. The van der Waals surface area contributed by atoms with Gasteiger partial charge in [-0.3, -0.25) is 0 Å². The molecule has 0 atom stereocenters. The number of aromatic nitrogens is 2. The number of halogens is 4. The van der Waals surface area contributed by atoms with Crippen molar-refractivity contribution < 1.29 is 21.6 Å². The first-order valence-corrected chi connectivity index (χ1v) is 9.58. The molecule has 9 heteroatoms. The summed E-state index contributed by atoms with van der Waals surface area (Å²) in [7, 11) is -3.75. The van der Waals surface area contributed by atoms with E-state index in [0.717, 1.165) is 23.1 Å². The smallest absolute Gasteiger partial charge is 0.233 e. The fraction of sp³-hybridized carbons (Fsp3) is 0.118. The summed E-state index contributed by atoms with van der Waals surface area (Å²) in [6, 6.07) is 11.0. The maximum atomic E-state index is 14.2. The van der Waals surface area contributed by atoms with Crippen LogP contribution in [0.1, 0.15) is 12.1 Å². The van der Waals surface area contributed by atoms with Crippen LogP contribution in [0.3, 0.4) is 0 Å². The van der Waals surface area contributed by atoms with E-state index in [1.165, 1.54) is 12.1 Å².